The van der Waals surface area contributed by atoms with Gasteiger partial charge in [-0.05, 0) is 67.4 Å². The summed E-state index contributed by atoms with van der Waals surface area (Å²) in [7, 11) is 0. The molecule has 2 aromatic rings. The average molecular weight is 364 g/mol. The third-order valence-corrected chi connectivity index (χ3v) is 6.86. The largest absolute Gasteiger partial charge is 0.508 e. The number of piperidine rings is 1. The van der Waals surface area contributed by atoms with Gasteiger partial charge < -0.3 is 5.11 Å². The summed E-state index contributed by atoms with van der Waals surface area (Å²) in [6.45, 7) is 2.42. The second kappa shape index (κ2) is 8.93. The molecule has 4 rings (SSSR count). The fourth-order valence-electron chi connectivity index (χ4n) is 5.35. The Hall–Kier alpha value is -1.80. The fraction of sp³-hybridized carbons (Fsp3) is 0.520. The second-order valence-corrected chi connectivity index (χ2v) is 8.57. The number of hydrogen-bond donors (Lipinski definition) is 1. The first-order valence-corrected chi connectivity index (χ1v) is 10.9. The van der Waals surface area contributed by atoms with Crippen molar-refractivity contribution in [3.63, 3.8) is 0 Å². The van der Waals surface area contributed by atoms with Crippen molar-refractivity contribution in [2.24, 2.45) is 11.8 Å². The highest BCUT2D eigenvalue weighted by Crippen LogP contribution is 2.38. The van der Waals surface area contributed by atoms with Crippen molar-refractivity contribution in [3.8, 4) is 5.75 Å². The molecule has 0 amide bonds. The lowest BCUT2D eigenvalue weighted by Crippen LogP contribution is -2.39. The highest BCUT2D eigenvalue weighted by Gasteiger charge is 2.30. The van der Waals surface area contributed by atoms with E-state index in [-0.39, 0.29) is 0 Å². The first-order chi connectivity index (χ1) is 13.3. The fourth-order valence-corrected chi connectivity index (χ4v) is 5.35. The zero-order valence-corrected chi connectivity index (χ0v) is 16.4. The van der Waals surface area contributed by atoms with E-state index >= 15 is 0 Å². The molecule has 2 nitrogen and oxygen atoms in total. The lowest BCUT2D eigenvalue weighted by molar-refractivity contribution is 0.0941. The Bertz CT molecular complexity index is 699. The Morgan fingerprint density at radius 1 is 0.815 bits per heavy atom. The number of phenolic OH excluding ortho intramolecular Hbond substituents is 1. The number of nitrogens with zero attached hydrogens (tertiary/aromatic N) is 1. The lowest BCUT2D eigenvalue weighted by Gasteiger charge is -2.41. The molecule has 1 aliphatic heterocycles. The molecular formula is C25H33NO. The topological polar surface area (TPSA) is 23.5 Å². The van der Waals surface area contributed by atoms with Gasteiger partial charge >= 0.3 is 0 Å². The van der Waals surface area contributed by atoms with Gasteiger partial charge in [0.1, 0.15) is 5.75 Å². The first kappa shape index (κ1) is 18.6. The van der Waals surface area contributed by atoms with Gasteiger partial charge in [0, 0.05) is 6.04 Å². The zero-order valence-electron chi connectivity index (χ0n) is 16.4. The highest BCUT2D eigenvalue weighted by atomic mass is 16.3. The molecule has 1 N–H and O–H groups in total. The van der Waals surface area contributed by atoms with Gasteiger partial charge in [0.05, 0.1) is 0 Å². The van der Waals surface area contributed by atoms with E-state index in [9.17, 15) is 5.11 Å². The summed E-state index contributed by atoms with van der Waals surface area (Å²) in [5, 5.41) is 9.87. The van der Waals surface area contributed by atoms with Crippen LogP contribution in [0.25, 0.3) is 0 Å². The SMILES string of the molecule is Oc1cccc(CC(c2ccccc2)N2CCC(C3CCCCC3)CC2)c1. The third-order valence-electron chi connectivity index (χ3n) is 6.86. The van der Waals surface area contributed by atoms with Gasteiger partial charge in [-0.3, -0.25) is 4.90 Å². The summed E-state index contributed by atoms with van der Waals surface area (Å²) in [6.07, 6.45) is 11.0. The Labute approximate surface area is 164 Å². The molecule has 1 unspecified atom stereocenters. The zero-order chi connectivity index (χ0) is 18.5. The molecule has 2 aromatic carbocycles. The Kier molecular flexibility index (Phi) is 6.14. The monoisotopic (exact) mass is 363 g/mol. The second-order valence-electron chi connectivity index (χ2n) is 8.57. The van der Waals surface area contributed by atoms with E-state index in [1.165, 1.54) is 69.2 Å². The average Bonchev–Trinajstić information content (AvgIpc) is 2.74. The summed E-state index contributed by atoms with van der Waals surface area (Å²) >= 11 is 0. The van der Waals surface area contributed by atoms with E-state index < -0.39 is 0 Å². The van der Waals surface area contributed by atoms with Gasteiger partial charge in [-0.1, -0.05) is 74.6 Å². The maximum Gasteiger partial charge on any atom is 0.115 e. The van der Waals surface area contributed by atoms with Crippen LogP contribution in [0, 0.1) is 11.8 Å². The number of hydrogen-bond acceptors (Lipinski definition) is 2. The Morgan fingerprint density at radius 3 is 2.22 bits per heavy atom. The quantitative estimate of drug-likeness (QED) is 0.707. The minimum Gasteiger partial charge on any atom is -0.508 e. The van der Waals surface area contributed by atoms with Crippen molar-refractivity contribution >= 4 is 0 Å². The predicted octanol–water partition coefficient (Wildman–Crippen LogP) is 5.97. The predicted molar refractivity (Wildman–Crippen MR) is 112 cm³/mol. The highest BCUT2D eigenvalue weighted by molar-refractivity contribution is 5.30. The van der Waals surface area contributed by atoms with Crippen molar-refractivity contribution in [3.05, 3.63) is 65.7 Å². The van der Waals surface area contributed by atoms with Crippen molar-refractivity contribution in [2.75, 3.05) is 13.1 Å². The van der Waals surface area contributed by atoms with E-state index in [2.05, 4.69) is 41.3 Å². The van der Waals surface area contributed by atoms with Crippen LogP contribution >= 0.6 is 0 Å². The molecule has 0 spiro atoms. The number of benzene rings is 2. The standard InChI is InChI=1S/C25H33NO/c27-24-13-7-8-20(18-24)19-25(23-11-5-2-6-12-23)26-16-14-22(15-17-26)21-9-3-1-4-10-21/h2,5-8,11-13,18,21-22,25,27H,1,3-4,9-10,14-17,19H2. The molecule has 1 saturated heterocycles. The summed E-state index contributed by atoms with van der Waals surface area (Å²) in [5.74, 6) is 2.30. The normalized spacial score (nSPS) is 21.2. The molecule has 27 heavy (non-hydrogen) atoms. The molecule has 2 heteroatoms. The van der Waals surface area contributed by atoms with Crippen LogP contribution in [0.3, 0.4) is 0 Å². The molecule has 1 atom stereocenters. The summed E-state index contributed by atoms with van der Waals surface area (Å²) in [4.78, 5) is 2.69. The van der Waals surface area contributed by atoms with Crippen LogP contribution in [-0.4, -0.2) is 23.1 Å². The van der Waals surface area contributed by atoms with Crippen molar-refractivity contribution < 1.29 is 5.11 Å². The van der Waals surface area contributed by atoms with E-state index in [0.29, 0.717) is 11.8 Å². The van der Waals surface area contributed by atoms with Gasteiger partial charge in [0.2, 0.25) is 0 Å². The van der Waals surface area contributed by atoms with Crippen LogP contribution < -0.4 is 0 Å². The number of phenols is 1. The minimum atomic E-state index is 0.371. The van der Waals surface area contributed by atoms with Crippen LogP contribution in [0.5, 0.6) is 5.75 Å². The van der Waals surface area contributed by atoms with Crippen LogP contribution in [0.2, 0.25) is 0 Å². The van der Waals surface area contributed by atoms with E-state index in [1.807, 2.05) is 12.1 Å². The molecule has 1 heterocycles. The van der Waals surface area contributed by atoms with Gasteiger partial charge in [0.25, 0.3) is 0 Å². The van der Waals surface area contributed by atoms with Crippen molar-refractivity contribution in [1.82, 2.24) is 4.90 Å². The lowest BCUT2D eigenvalue weighted by atomic mass is 9.75. The van der Waals surface area contributed by atoms with Crippen LogP contribution in [0.1, 0.15) is 62.1 Å². The molecule has 1 aliphatic carbocycles. The molecule has 2 fully saturated rings. The number of likely N-dealkylation sites (tertiary alicyclic amines) is 1. The molecule has 0 aromatic heterocycles. The van der Waals surface area contributed by atoms with Gasteiger partial charge in [-0.15, -0.1) is 0 Å². The minimum absolute atomic E-state index is 0.371. The molecule has 2 aliphatic rings. The molecular weight excluding hydrogens is 330 g/mol. The maximum atomic E-state index is 9.87. The summed E-state index contributed by atoms with van der Waals surface area (Å²) in [6, 6.07) is 19.1. The molecule has 144 valence electrons. The first-order valence-electron chi connectivity index (χ1n) is 10.9. The van der Waals surface area contributed by atoms with Crippen molar-refractivity contribution in [1.29, 1.82) is 0 Å². The summed E-state index contributed by atoms with van der Waals surface area (Å²) in [5.41, 5.74) is 2.62. The molecule has 1 saturated carbocycles. The molecule has 0 radical (unpaired) electrons. The van der Waals surface area contributed by atoms with Crippen LogP contribution in [0.4, 0.5) is 0 Å². The van der Waals surface area contributed by atoms with Gasteiger partial charge in [-0.2, -0.15) is 0 Å². The number of rotatable bonds is 5. The van der Waals surface area contributed by atoms with Gasteiger partial charge in [0.15, 0.2) is 0 Å². The molecule has 0 bridgehead atoms. The van der Waals surface area contributed by atoms with Crippen molar-refractivity contribution in [2.45, 2.75) is 57.4 Å². The maximum absolute atomic E-state index is 9.87. The van der Waals surface area contributed by atoms with E-state index in [0.717, 1.165) is 18.3 Å². The third kappa shape index (κ3) is 4.73. The Morgan fingerprint density at radius 2 is 1.52 bits per heavy atom. The van der Waals surface area contributed by atoms with Crippen LogP contribution in [0.15, 0.2) is 54.6 Å². The van der Waals surface area contributed by atoms with Crippen LogP contribution in [-0.2, 0) is 6.42 Å². The number of aromatic hydroxyl groups is 1. The summed E-state index contributed by atoms with van der Waals surface area (Å²) < 4.78 is 0. The van der Waals surface area contributed by atoms with E-state index in [4.69, 9.17) is 0 Å². The van der Waals surface area contributed by atoms with E-state index in [1.54, 1.807) is 6.07 Å². The smallest absolute Gasteiger partial charge is 0.115 e. The van der Waals surface area contributed by atoms with Gasteiger partial charge in [-0.25, -0.2) is 0 Å². The Balaban J connectivity index is 1.46.